The monoisotopic (exact) mass is 280 g/mol. The summed E-state index contributed by atoms with van der Waals surface area (Å²) in [4.78, 5) is 10.1. The summed E-state index contributed by atoms with van der Waals surface area (Å²) in [6.45, 7) is 3.77. The summed E-state index contributed by atoms with van der Waals surface area (Å²) in [5.41, 5.74) is 0.0995. The number of halogens is 3. The lowest BCUT2D eigenvalue weighted by Gasteiger charge is -2.23. The van der Waals surface area contributed by atoms with Crippen molar-refractivity contribution in [1.82, 2.24) is 0 Å². The zero-order valence-electron chi connectivity index (χ0n) is 10.2. The van der Waals surface area contributed by atoms with E-state index in [0.29, 0.717) is 0 Å². The van der Waals surface area contributed by atoms with Crippen molar-refractivity contribution in [1.29, 1.82) is 0 Å². The van der Waals surface area contributed by atoms with Crippen LogP contribution in [0.4, 0.5) is 13.2 Å². The summed E-state index contributed by atoms with van der Waals surface area (Å²) in [7, 11) is -3.51. The van der Waals surface area contributed by atoms with Gasteiger partial charge in [0.2, 0.25) is 0 Å². The van der Waals surface area contributed by atoms with E-state index in [9.17, 15) is 18.0 Å². The zero-order valence-corrected chi connectivity index (χ0v) is 11.2. The van der Waals surface area contributed by atoms with Gasteiger partial charge in [-0.05, 0) is 31.5 Å². The summed E-state index contributed by atoms with van der Waals surface area (Å²) in [6, 6.07) is 1.49. The summed E-state index contributed by atoms with van der Waals surface area (Å²) < 4.78 is 49.1. The average molecular weight is 280 g/mol. The van der Waals surface area contributed by atoms with Crippen LogP contribution in [0.15, 0.2) is 12.1 Å². The molecule has 7 heteroatoms. The summed E-state index contributed by atoms with van der Waals surface area (Å²) in [6.07, 6.45) is 0. The van der Waals surface area contributed by atoms with Crippen molar-refractivity contribution in [2.45, 2.75) is 19.9 Å². The quantitative estimate of drug-likeness (QED) is 0.641. The molecular formula is C11H15F3O3Si. The maximum absolute atomic E-state index is 13.0. The molecule has 0 aliphatic rings. The molecule has 102 valence electrons. The summed E-state index contributed by atoms with van der Waals surface area (Å²) >= 11 is 0. The highest BCUT2D eigenvalue weighted by atomic mass is 28.4. The Morgan fingerprint density at radius 3 is 1.89 bits per heavy atom. The van der Waals surface area contributed by atoms with E-state index < -0.39 is 26.3 Å². The van der Waals surface area contributed by atoms with Crippen molar-refractivity contribution in [3.05, 3.63) is 35.1 Å². The molecule has 1 N–H and O–H groups in total. The predicted molar refractivity (Wildman–Crippen MR) is 61.2 cm³/mol. The van der Waals surface area contributed by atoms with Crippen molar-refractivity contribution >= 4 is 8.80 Å². The van der Waals surface area contributed by atoms with Crippen LogP contribution in [0.3, 0.4) is 0 Å². The van der Waals surface area contributed by atoms with Crippen LogP contribution in [0.25, 0.3) is 0 Å². The fourth-order valence-electron chi connectivity index (χ4n) is 1.56. The Morgan fingerprint density at radius 1 is 1.06 bits per heavy atom. The van der Waals surface area contributed by atoms with E-state index in [1.54, 1.807) is 13.8 Å². The van der Waals surface area contributed by atoms with Gasteiger partial charge in [-0.2, -0.15) is 0 Å². The number of hydrogen-bond donors (Lipinski definition) is 1. The molecule has 0 saturated heterocycles. The van der Waals surface area contributed by atoms with E-state index in [-0.39, 0.29) is 24.8 Å². The molecule has 0 amide bonds. The standard InChI is InChI=1S/C11H15F3O3Si/c1-3-16-18(15,17-4-2)7-8-5-9(12)11(14)10(13)6-8/h5-6,15H,3-4,7H2,1-2H3. The topological polar surface area (TPSA) is 38.7 Å². The van der Waals surface area contributed by atoms with Crippen LogP contribution in [0.5, 0.6) is 0 Å². The molecule has 0 radical (unpaired) electrons. The number of benzene rings is 1. The first-order valence-corrected chi connectivity index (χ1v) is 7.52. The van der Waals surface area contributed by atoms with Crippen LogP contribution in [0, 0.1) is 17.5 Å². The predicted octanol–water partition coefficient (Wildman–Crippen LogP) is 2.19. The molecule has 1 aromatic rings. The van der Waals surface area contributed by atoms with E-state index in [1.807, 2.05) is 0 Å². The minimum atomic E-state index is -3.51. The SMILES string of the molecule is CCO[Si](O)(Cc1cc(F)c(F)c(F)c1)OCC. The molecule has 0 bridgehead atoms. The van der Waals surface area contributed by atoms with Crippen LogP contribution in [0.1, 0.15) is 19.4 Å². The smallest absolute Gasteiger partial charge is 0.389 e. The Labute approximate surface area is 105 Å². The van der Waals surface area contributed by atoms with Gasteiger partial charge >= 0.3 is 8.80 Å². The molecule has 0 atom stereocenters. The van der Waals surface area contributed by atoms with Gasteiger partial charge in [0.1, 0.15) is 0 Å². The van der Waals surface area contributed by atoms with Gasteiger partial charge in [0, 0.05) is 19.3 Å². The van der Waals surface area contributed by atoms with E-state index in [0.717, 1.165) is 12.1 Å². The van der Waals surface area contributed by atoms with E-state index in [2.05, 4.69) is 0 Å². The Kier molecular flexibility index (Phi) is 5.33. The van der Waals surface area contributed by atoms with Crippen molar-refractivity contribution < 1.29 is 26.8 Å². The molecule has 0 unspecified atom stereocenters. The zero-order chi connectivity index (χ0) is 13.8. The highest BCUT2D eigenvalue weighted by molar-refractivity contribution is 6.58. The van der Waals surface area contributed by atoms with Crippen molar-refractivity contribution in [3.8, 4) is 0 Å². The molecule has 1 rings (SSSR count). The van der Waals surface area contributed by atoms with E-state index in [1.165, 1.54) is 0 Å². The van der Waals surface area contributed by atoms with Gasteiger partial charge in [0.05, 0.1) is 0 Å². The first kappa shape index (κ1) is 15.2. The lowest BCUT2D eigenvalue weighted by Crippen LogP contribution is -2.45. The Hall–Kier alpha value is -0.893. The highest BCUT2D eigenvalue weighted by Crippen LogP contribution is 2.18. The van der Waals surface area contributed by atoms with Gasteiger partial charge in [0.15, 0.2) is 17.5 Å². The average Bonchev–Trinajstić information content (AvgIpc) is 2.26. The Balaban J connectivity index is 2.94. The molecule has 0 aliphatic heterocycles. The largest absolute Gasteiger partial charge is 0.502 e. The molecule has 0 aliphatic carbocycles. The first-order chi connectivity index (χ1) is 8.41. The lowest BCUT2D eigenvalue weighted by atomic mass is 10.2. The molecule has 1 aromatic carbocycles. The molecule has 0 spiro atoms. The van der Waals surface area contributed by atoms with Gasteiger partial charge in [-0.15, -0.1) is 0 Å². The summed E-state index contributed by atoms with van der Waals surface area (Å²) in [5.74, 6) is -4.12. The van der Waals surface area contributed by atoms with Crippen LogP contribution < -0.4 is 0 Å². The van der Waals surface area contributed by atoms with Gasteiger partial charge in [-0.25, -0.2) is 13.2 Å². The van der Waals surface area contributed by atoms with E-state index in [4.69, 9.17) is 8.85 Å². The second-order valence-electron chi connectivity index (χ2n) is 3.63. The minimum Gasteiger partial charge on any atom is -0.389 e. The Morgan fingerprint density at radius 2 is 1.50 bits per heavy atom. The molecule has 3 nitrogen and oxygen atoms in total. The molecule has 0 heterocycles. The van der Waals surface area contributed by atoms with Gasteiger partial charge in [0.25, 0.3) is 0 Å². The van der Waals surface area contributed by atoms with Crippen molar-refractivity contribution in [2.75, 3.05) is 13.2 Å². The maximum atomic E-state index is 13.0. The molecule has 0 saturated carbocycles. The van der Waals surface area contributed by atoms with E-state index >= 15 is 0 Å². The molecular weight excluding hydrogens is 265 g/mol. The van der Waals surface area contributed by atoms with Gasteiger partial charge in [-0.1, -0.05) is 0 Å². The van der Waals surface area contributed by atoms with Gasteiger partial charge in [-0.3, -0.25) is 0 Å². The number of rotatable bonds is 6. The fourth-order valence-corrected chi connectivity index (χ4v) is 3.47. The lowest BCUT2D eigenvalue weighted by molar-refractivity contribution is 0.107. The first-order valence-electron chi connectivity index (χ1n) is 5.55. The third kappa shape index (κ3) is 3.81. The van der Waals surface area contributed by atoms with Crippen molar-refractivity contribution in [3.63, 3.8) is 0 Å². The third-order valence-electron chi connectivity index (χ3n) is 2.21. The van der Waals surface area contributed by atoms with Crippen molar-refractivity contribution in [2.24, 2.45) is 0 Å². The fraction of sp³-hybridized carbons (Fsp3) is 0.455. The minimum absolute atomic E-state index is 0.0995. The third-order valence-corrected chi connectivity index (χ3v) is 4.55. The molecule has 0 aromatic heterocycles. The normalized spacial score (nSPS) is 11.9. The van der Waals surface area contributed by atoms with Crippen LogP contribution in [-0.2, 0) is 14.9 Å². The maximum Gasteiger partial charge on any atom is 0.502 e. The second-order valence-corrected chi connectivity index (χ2v) is 5.99. The Bertz CT molecular complexity index is 386. The van der Waals surface area contributed by atoms with Gasteiger partial charge < -0.3 is 13.6 Å². The number of hydrogen-bond acceptors (Lipinski definition) is 3. The van der Waals surface area contributed by atoms with Crippen LogP contribution in [-0.4, -0.2) is 26.8 Å². The molecule has 0 fully saturated rings. The second kappa shape index (κ2) is 6.33. The van der Waals surface area contributed by atoms with Crippen LogP contribution >= 0.6 is 0 Å². The highest BCUT2D eigenvalue weighted by Gasteiger charge is 2.37. The van der Waals surface area contributed by atoms with Crippen LogP contribution in [0.2, 0.25) is 0 Å². The summed E-state index contributed by atoms with van der Waals surface area (Å²) in [5, 5.41) is 0. The molecule has 18 heavy (non-hydrogen) atoms.